The summed E-state index contributed by atoms with van der Waals surface area (Å²) in [6.45, 7) is 2.47. The number of thioether (sulfide) groups is 1. The van der Waals surface area contributed by atoms with Crippen molar-refractivity contribution < 1.29 is 19.1 Å². The molecule has 0 aromatic heterocycles. The van der Waals surface area contributed by atoms with Crippen molar-refractivity contribution in [3.8, 4) is 11.5 Å². The van der Waals surface area contributed by atoms with E-state index in [0.717, 1.165) is 41.8 Å². The summed E-state index contributed by atoms with van der Waals surface area (Å²) in [5, 5.41) is 8.88. The Bertz CT molecular complexity index is 976. The molecule has 1 N–H and O–H groups in total. The van der Waals surface area contributed by atoms with Gasteiger partial charge in [-0.2, -0.15) is 5.10 Å². The standard InChI is InChI=1S/C24H29N3O4S/c1-4-5-6-7-23(28)25-19-11-8-17(9-12-19)15-27-24(29)32-16-20(26-27)18-10-13-21(30-2)22(14-18)31-3/h8-14H,4-7,15-16H2,1-3H3,(H,25,28). The number of nitrogens with zero attached hydrogens (tertiary/aromatic N) is 2. The van der Waals surface area contributed by atoms with Gasteiger partial charge in [-0.15, -0.1) is 0 Å². The number of benzene rings is 2. The van der Waals surface area contributed by atoms with Crippen molar-refractivity contribution in [1.29, 1.82) is 0 Å². The Morgan fingerprint density at radius 3 is 2.53 bits per heavy atom. The SMILES string of the molecule is CCCCCC(=O)Nc1ccc(CN2N=C(c3ccc(OC)c(OC)c3)CSC2=O)cc1. The van der Waals surface area contributed by atoms with Crippen molar-refractivity contribution in [2.45, 2.75) is 39.2 Å². The van der Waals surface area contributed by atoms with Crippen LogP contribution in [0.1, 0.15) is 43.7 Å². The first-order valence-corrected chi connectivity index (χ1v) is 11.7. The van der Waals surface area contributed by atoms with E-state index in [-0.39, 0.29) is 11.1 Å². The van der Waals surface area contributed by atoms with Crippen LogP contribution in [0.2, 0.25) is 0 Å². The van der Waals surface area contributed by atoms with Gasteiger partial charge in [-0.3, -0.25) is 9.59 Å². The summed E-state index contributed by atoms with van der Waals surface area (Å²) >= 11 is 1.22. The highest BCUT2D eigenvalue weighted by molar-refractivity contribution is 8.14. The fourth-order valence-electron chi connectivity index (χ4n) is 3.30. The second-order valence-electron chi connectivity index (χ2n) is 7.43. The van der Waals surface area contributed by atoms with E-state index >= 15 is 0 Å². The van der Waals surface area contributed by atoms with E-state index in [0.29, 0.717) is 30.2 Å². The van der Waals surface area contributed by atoms with E-state index in [1.807, 2.05) is 42.5 Å². The van der Waals surface area contributed by atoms with Crippen LogP contribution in [0.4, 0.5) is 10.5 Å². The first-order valence-electron chi connectivity index (χ1n) is 10.7. The Morgan fingerprint density at radius 1 is 1.09 bits per heavy atom. The number of hydrogen-bond acceptors (Lipinski definition) is 6. The quantitative estimate of drug-likeness (QED) is 0.492. The van der Waals surface area contributed by atoms with Crippen molar-refractivity contribution in [2.75, 3.05) is 25.3 Å². The molecule has 32 heavy (non-hydrogen) atoms. The summed E-state index contributed by atoms with van der Waals surface area (Å²) < 4.78 is 10.7. The molecule has 0 bridgehead atoms. The highest BCUT2D eigenvalue weighted by atomic mass is 32.2. The third-order valence-electron chi connectivity index (χ3n) is 5.08. The molecule has 0 spiro atoms. The molecule has 1 heterocycles. The third kappa shape index (κ3) is 6.26. The van der Waals surface area contributed by atoms with Gasteiger partial charge in [0.1, 0.15) is 0 Å². The van der Waals surface area contributed by atoms with E-state index in [1.165, 1.54) is 16.8 Å². The average Bonchev–Trinajstić information content (AvgIpc) is 2.81. The van der Waals surface area contributed by atoms with Gasteiger partial charge in [0.25, 0.3) is 0 Å². The molecule has 0 aliphatic carbocycles. The number of hydrazone groups is 1. The largest absolute Gasteiger partial charge is 0.493 e. The minimum Gasteiger partial charge on any atom is -0.493 e. The predicted molar refractivity (Wildman–Crippen MR) is 129 cm³/mol. The first-order chi connectivity index (χ1) is 15.5. The smallest absolute Gasteiger partial charge is 0.302 e. The number of amides is 2. The Labute approximate surface area is 193 Å². The maximum absolute atomic E-state index is 12.4. The topological polar surface area (TPSA) is 80.2 Å². The normalized spacial score (nSPS) is 13.5. The molecule has 0 saturated carbocycles. The van der Waals surface area contributed by atoms with Crippen LogP contribution >= 0.6 is 11.8 Å². The van der Waals surface area contributed by atoms with Crippen LogP contribution in [0.25, 0.3) is 0 Å². The molecule has 1 aliphatic heterocycles. The number of anilines is 1. The molecule has 3 rings (SSSR count). The van der Waals surface area contributed by atoms with Crippen molar-refractivity contribution in [3.63, 3.8) is 0 Å². The van der Waals surface area contributed by atoms with E-state index in [1.54, 1.807) is 14.2 Å². The highest BCUT2D eigenvalue weighted by Crippen LogP contribution is 2.30. The molecule has 0 radical (unpaired) electrons. The number of unbranched alkanes of at least 4 members (excludes halogenated alkanes) is 2. The van der Waals surface area contributed by atoms with Crippen molar-refractivity contribution in [1.82, 2.24) is 5.01 Å². The molecule has 7 nitrogen and oxygen atoms in total. The minimum absolute atomic E-state index is 0.0259. The molecule has 8 heteroatoms. The lowest BCUT2D eigenvalue weighted by Gasteiger charge is -2.23. The number of nitrogens with one attached hydrogen (secondary N) is 1. The summed E-state index contributed by atoms with van der Waals surface area (Å²) in [5.41, 5.74) is 3.37. The zero-order chi connectivity index (χ0) is 22.9. The summed E-state index contributed by atoms with van der Waals surface area (Å²) in [5.74, 6) is 1.78. The zero-order valence-electron chi connectivity index (χ0n) is 18.7. The number of carbonyl (C=O) groups excluding carboxylic acids is 2. The van der Waals surface area contributed by atoms with Gasteiger partial charge >= 0.3 is 5.24 Å². The van der Waals surface area contributed by atoms with E-state index in [2.05, 4.69) is 17.3 Å². The van der Waals surface area contributed by atoms with Gasteiger partial charge < -0.3 is 14.8 Å². The van der Waals surface area contributed by atoms with E-state index in [4.69, 9.17) is 9.47 Å². The molecule has 2 amide bonds. The van der Waals surface area contributed by atoms with Crippen LogP contribution < -0.4 is 14.8 Å². The van der Waals surface area contributed by atoms with Crippen LogP contribution in [0.3, 0.4) is 0 Å². The summed E-state index contributed by atoms with van der Waals surface area (Å²) in [4.78, 5) is 24.4. The van der Waals surface area contributed by atoms with Crippen molar-refractivity contribution in [2.24, 2.45) is 5.10 Å². The maximum atomic E-state index is 12.4. The van der Waals surface area contributed by atoms with Crippen molar-refractivity contribution >= 4 is 34.3 Å². The Hall–Kier alpha value is -3.00. The minimum atomic E-state index is -0.0949. The number of carbonyl (C=O) groups is 2. The van der Waals surface area contributed by atoms with Crippen LogP contribution in [0.5, 0.6) is 11.5 Å². The Kier molecular flexibility index (Phi) is 8.56. The van der Waals surface area contributed by atoms with Crippen LogP contribution in [0.15, 0.2) is 47.6 Å². The Balaban J connectivity index is 1.67. The molecular formula is C24H29N3O4S. The first kappa shape index (κ1) is 23.7. The lowest BCUT2D eigenvalue weighted by Crippen LogP contribution is -2.29. The summed E-state index contributed by atoms with van der Waals surface area (Å²) in [6.07, 6.45) is 3.57. The highest BCUT2D eigenvalue weighted by Gasteiger charge is 2.23. The molecular weight excluding hydrogens is 426 g/mol. The second kappa shape index (κ2) is 11.6. The van der Waals surface area contributed by atoms with Gasteiger partial charge in [0.2, 0.25) is 5.91 Å². The predicted octanol–water partition coefficient (Wildman–Crippen LogP) is 5.30. The third-order valence-corrected chi connectivity index (χ3v) is 5.95. The molecule has 0 saturated heterocycles. The maximum Gasteiger partial charge on any atom is 0.302 e. The molecule has 170 valence electrons. The molecule has 2 aromatic rings. The fourth-order valence-corrected chi connectivity index (χ4v) is 4.04. The van der Waals surface area contributed by atoms with Gasteiger partial charge in [0.15, 0.2) is 11.5 Å². The van der Waals surface area contributed by atoms with Gasteiger partial charge in [0.05, 0.1) is 26.5 Å². The van der Waals surface area contributed by atoms with Gasteiger partial charge in [-0.1, -0.05) is 43.7 Å². The van der Waals surface area contributed by atoms with Crippen LogP contribution in [0, 0.1) is 0 Å². The lowest BCUT2D eigenvalue weighted by molar-refractivity contribution is -0.116. The molecule has 0 fully saturated rings. The lowest BCUT2D eigenvalue weighted by atomic mass is 10.1. The number of ether oxygens (including phenoxy) is 2. The van der Waals surface area contributed by atoms with Gasteiger partial charge in [-0.05, 0) is 42.3 Å². The fraction of sp³-hybridized carbons (Fsp3) is 0.375. The van der Waals surface area contributed by atoms with E-state index < -0.39 is 0 Å². The number of hydrogen-bond donors (Lipinski definition) is 1. The summed E-state index contributed by atoms with van der Waals surface area (Å²) in [6, 6.07) is 13.1. The number of methoxy groups -OCH3 is 2. The van der Waals surface area contributed by atoms with Gasteiger partial charge in [0, 0.05) is 23.4 Å². The number of rotatable bonds is 10. The molecule has 0 unspecified atom stereocenters. The zero-order valence-corrected chi connectivity index (χ0v) is 19.5. The van der Waals surface area contributed by atoms with E-state index in [9.17, 15) is 9.59 Å². The monoisotopic (exact) mass is 455 g/mol. The average molecular weight is 456 g/mol. The molecule has 0 atom stereocenters. The van der Waals surface area contributed by atoms with Crippen LogP contribution in [-0.4, -0.2) is 41.8 Å². The van der Waals surface area contributed by atoms with Crippen LogP contribution in [-0.2, 0) is 11.3 Å². The van der Waals surface area contributed by atoms with Gasteiger partial charge in [-0.25, -0.2) is 5.01 Å². The Morgan fingerprint density at radius 2 is 1.84 bits per heavy atom. The van der Waals surface area contributed by atoms with Crippen molar-refractivity contribution in [3.05, 3.63) is 53.6 Å². The summed E-state index contributed by atoms with van der Waals surface area (Å²) in [7, 11) is 3.18. The molecule has 2 aromatic carbocycles. The molecule has 1 aliphatic rings. The second-order valence-corrected chi connectivity index (χ2v) is 8.36.